The van der Waals surface area contributed by atoms with Gasteiger partial charge in [-0.05, 0) is 31.4 Å². The second kappa shape index (κ2) is 7.65. The molecule has 1 N–H and O–H groups in total. The number of hydrogen-bond donors (Lipinski definition) is 1. The highest BCUT2D eigenvalue weighted by Gasteiger charge is 2.15. The van der Waals surface area contributed by atoms with Crippen LogP contribution in [0.1, 0.15) is 37.3 Å². The van der Waals surface area contributed by atoms with Crippen LogP contribution >= 0.6 is 0 Å². The van der Waals surface area contributed by atoms with E-state index in [9.17, 15) is 8.42 Å². The maximum Gasteiger partial charge on any atom is 0.150 e. The van der Waals surface area contributed by atoms with Gasteiger partial charge >= 0.3 is 0 Å². The van der Waals surface area contributed by atoms with Gasteiger partial charge in [0.05, 0.1) is 5.75 Å². The van der Waals surface area contributed by atoms with Gasteiger partial charge in [0.1, 0.15) is 9.84 Å². The van der Waals surface area contributed by atoms with E-state index in [1.165, 1.54) is 11.1 Å². The average molecular weight is 283 g/mol. The monoisotopic (exact) mass is 283 g/mol. The third-order valence-corrected chi connectivity index (χ3v) is 5.11. The Labute approximate surface area is 117 Å². The van der Waals surface area contributed by atoms with Gasteiger partial charge in [-0.15, -0.1) is 0 Å². The van der Waals surface area contributed by atoms with Crippen LogP contribution in [0.4, 0.5) is 0 Å². The first-order chi connectivity index (χ1) is 8.98. The highest BCUT2D eigenvalue weighted by Crippen LogP contribution is 2.21. The van der Waals surface area contributed by atoms with Crippen molar-refractivity contribution in [2.45, 2.75) is 33.1 Å². The van der Waals surface area contributed by atoms with Crippen molar-refractivity contribution in [2.24, 2.45) is 0 Å². The number of nitrogens with one attached hydrogen (secondary N) is 1. The SMILES string of the molecule is CCNCC(CCS(=O)(=O)CC)c1cccc(C)c1. The van der Waals surface area contributed by atoms with E-state index in [2.05, 4.69) is 37.4 Å². The van der Waals surface area contributed by atoms with Crippen LogP contribution in [0.2, 0.25) is 0 Å². The molecule has 0 aliphatic carbocycles. The maximum atomic E-state index is 11.7. The molecule has 0 radical (unpaired) electrons. The second-order valence-electron chi connectivity index (χ2n) is 4.94. The molecule has 0 fully saturated rings. The fraction of sp³-hybridized carbons (Fsp3) is 0.600. The van der Waals surface area contributed by atoms with Crippen molar-refractivity contribution in [3.63, 3.8) is 0 Å². The van der Waals surface area contributed by atoms with E-state index < -0.39 is 9.84 Å². The Hall–Kier alpha value is -0.870. The minimum Gasteiger partial charge on any atom is -0.316 e. The zero-order valence-corrected chi connectivity index (χ0v) is 13.0. The first-order valence-corrected chi connectivity index (χ1v) is 8.78. The van der Waals surface area contributed by atoms with Crippen molar-refractivity contribution in [3.05, 3.63) is 35.4 Å². The molecule has 1 atom stereocenters. The number of rotatable bonds is 8. The van der Waals surface area contributed by atoms with E-state index in [4.69, 9.17) is 0 Å². The molecule has 0 amide bonds. The van der Waals surface area contributed by atoms with Gasteiger partial charge in [-0.25, -0.2) is 8.42 Å². The van der Waals surface area contributed by atoms with Crippen LogP contribution in [-0.4, -0.2) is 33.0 Å². The van der Waals surface area contributed by atoms with Crippen LogP contribution in [0.3, 0.4) is 0 Å². The van der Waals surface area contributed by atoms with E-state index in [0.717, 1.165) is 13.1 Å². The van der Waals surface area contributed by atoms with Crippen LogP contribution in [0, 0.1) is 6.92 Å². The summed E-state index contributed by atoms with van der Waals surface area (Å²) in [5, 5.41) is 3.33. The molecule has 0 spiro atoms. The predicted molar refractivity (Wildman–Crippen MR) is 81.4 cm³/mol. The molecule has 0 bridgehead atoms. The van der Waals surface area contributed by atoms with Gasteiger partial charge in [0.15, 0.2) is 0 Å². The molecule has 1 aromatic carbocycles. The fourth-order valence-electron chi connectivity index (χ4n) is 2.10. The predicted octanol–water partition coefficient (Wildman–Crippen LogP) is 2.51. The maximum absolute atomic E-state index is 11.7. The van der Waals surface area contributed by atoms with Gasteiger partial charge in [0.2, 0.25) is 0 Å². The quantitative estimate of drug-likeness (QED) is 0.797. The molecule has 0 saturated carbocycles. The van der Waals surface area contributed by atoms with E-state index in [-0.39, 0.29) is 17.4 Å². The van der Waals surface area contributed by atoms with Crippen molar-refractivity contribution in [1.82, 2.24) is 5.32 Å². The molecule has 1 rings (SSSR count). The molecule has 108 valence electrons. The van der Waals surface area contributed by atoms with E-state index >= 15 is 0 Å². The molecule has 0 aliphatic heterocycles. The standard InChI is InChI=1S/C15H25NO2S/c1-4-16-12-15(9-10-19(17,18)5-2)14-8-6-7-13(3)11-14/h6-8,11,15-16H,4-5,9-10,12H2,1-3H3. The molecule has 0 heterocycles. The third-order valence-electron chi connectivity index (χ3n) is 3.37. The van der Waals surface area contributed by atoms with Crippen LogP contribution in [0.15, 0.2) is 24.3 Å². The molecule has 4 heteroatoms. The zero-order chi connectivity index (χ0) is 14.3. The topological polar surface area (TPSA) is 46.2 Å². The lowest BCUT2D eigenvalue weighted by Crippen LogP contribution is -2.23. The molecule has 0 aliphatic rings. The van der Waals surface area contributed by atoms with E-state index in [0.29, 0.717) is 6.42 Å². The Bertz CT molecular complexity index is 483. The largest absolute Gasteiger partial charge is 0.316 e. The van der Waals surface area contributed by atoms with Gasteiger partial charge in [-0.2, -0.15) is 0 Å². The zero-order valence-electron chi connectivity index (χ0n) is 12.1. The number of likely N-dealkylation sites (N-methyl/N-ethyl adjacent to an activating group) is 1. The number of hydrogen-bond acceptors (Lipinski definition) is 3. The molecular weight excluding hydrogens is 258 g/mol. The number of aryl methyl sites for hydroxylation is 1. The van der Waals surface area contributed by atoms with Gasteiger partial charge in [-0.1, -0.05) is 43.7 Å². The summed E-state index contributed by atoms with van der Waals surface area (Å²) in [7, 11) is -2.89. The first kappa shape index (κ1) is 16.2. The summed E-state index contributed by atoms with van der Waals surface area (Å²) in [6.07, 6.45) is 0.687. The van der Waals surface area contributed by atoms with Gasteiger partial charge in [0.25, 0.3) is 0 Å². The van der Waals surface area contributed by atoms with E-state index in [1.807, 2.05) is 6.07 Å². The van der Waals surface area contributed by atoms with Crippen LogP contribution in [-0.2, 0) is 9.84 Å². The molecular formula is C15H25NO2S. The third kappa shape index (κ3) is 5.74. The van der Waals surface area contributed by atoms with Crippen molar-refractivity contribution < 1.29 is 8.42 Å². The molecule has 1 unspecified atom stereocenters. The lowest BCUT2D eigenvalue weighted by Gasteiger charge is -2.18. The highest BCUT2D eigenvalue weighted by molar-refractivity contribution is 7.91. The van der Waals surface area contributed by atoms with Crippen molar-refractivity contribution >= 4 is 9.84 Å². The normalized spacial score (nSPS) is 13.4. The highest BCUT2D eigenvalue weighted by atomic mass is 32.2. The minimum atomic E-state index is -2.89. The van der Waals surface area contributed by atoms with Crippen molar-refractivity contribution in [2.75, 3.05) is 24.6 Å². The summed E-state index contributed by atoms with van der Waals surface area (Å²) in [5.41, 5.74) is 2.45. The lowest BCUT2D eigenvalue weighted by molar-refractivity contribution is 0.564. The van der Waals surface area contributed by atoms with Gasteiger partial charge in [0, 0.05) is 12.3 Å². The summed E-state index contributed by atoms with van der Waals surface area (Å²) in [6, 6.07) is 8.35. The molecule has 0 aromatic heterocycles. The Kier molecular flexibility index (Phi) is 6.52. The second-order valence-corrected chi connectivity index (χ2v) is 7.42. The Morgan fingerprint density at radius 2 is 2.00 bits per heavy atom. The summed E-state index contributed by atoms with van der Waals surface area (Å²) in [4.78, 5) is 0. The summed E-state index contributed by atoms with van der Waals surface area (Å²) >= 11 is 0. The molecule has 0 saturated heterocycles. The minimum absolute atomic E-state index is 0.231. The Balaban J connectivity index is 2.77. The smallest absolute Gasteiger partial charge is 0.150 e. The van der Waals surface area contributed by atoms with Crippen LogP contribution in [0.5, 0.6) is 0 Å². The summed E-state index contributed by atoms with van der Waals surface area (Å²) in [6.45, 7) is 7.58. The summed E-state index contributed by atoms with van der Waals surface area (Å²) in [5.74, 6) is 0.767. The summed E-state index contributed by atoms with van der Waals surface area (Å²) < 4.78 is 23.3. The van der Waals surface area contributed by atoms with Crippen LogP contribution in [0.25, 0.3) is 0 Å². The van der Waals surface area contributed by atoms with Gasteiger partial charge in [-0.3, -0.25) is 0 Å². The number of benzene rings is 1. The Morgan fingerprint density at radius 3 is 2.58 bits per heavy atom. The molecule has 19 heavy (non-hydrogen) atoms. The van der Waals surface area contributed by atoms with Crippen molar-refractivity contribution in [3.8, 4) is 0 Å². The molecule has 3 nitrogen and oxygen atoms in total. The fourth-order valence-corrected chi connectivity index (χ4v) is 3.03. The average Bonchev–Trinajstić information content (AvgIpc) is 2.39. The lowest BCUT2D eigenvalue weighted by atomic mass is 9.95. The van der Waals surface area contributed by atoms with Crippen molar-refractivity contribution in [1.29, 1.82) is 0 Å². The van der Waals surface area contributed by atoms with Gasteiger partial charge < -0.3 is 5.32 Å². The Morgan fingerprint density at radius 1 is 1.26 bits per heavy atom. The number of sulfone groups is 1. The first-order valence-electron chi connectivity index (χ1n) is 6.96. The van der Waals surface area contributed by atoms with Crippen LogP contribution < -0.4 is 5.32 Å². The van der Waals surface area contributed by atoms with E-state index in [1.54, 1.807) is 6.92 Å². The molecule has 1 aromatic rings.